The molecule has 156 valence electrons. The second-order valence-corrected chi connectivity index (χ2v) is 6.96. The SMILES string of the molecule is CC1OC(OCCCC=CC(=O)O)C(O)CC1OC(=O)c1c[nH]c2ccccc12. The second kappa shape index (κ2) is 9.69. The largest absolute Gasteiger partial charge is 0.478 e. The highest BCUT2D eigenvalue weighted by molar-refractivity contribution is 6.04. The van der Waals surface area contributed by atoms with Crippen LogP contribution in [0.15, 0.2) is 42.6 Å². The highest BCUT2D eigenvalue weighted by Gasteiger charge is 2.38. The van der Waals surface area contributed by atoms with Crippen molar-refractivity contribution in [1.82, 2.24) is 4.98 Å². The third-order valence-electron chi connectivity index (χ3n) is 4.79. The normalized spacial score (nSPS) is 24.8. The van der Waals surface area contributed by atoms with Crippen molar-refractivity contribution >= 4 is 22.8 Å². The summed E-state index contributed by atoms with van der Waals surface area (Å²) in [6.07, 6.45) is 2.83. The van der Waals surface area contributed by atoms with Gasteiger partial charge in [-0.15, -0.1) is 0 Å². The summed E-state index contributed by atoms with van der Waals surface area (Å²) < 4.78 is 16.8. The molecule has 4 unspecified atom stereocenters. The third kappa shape index (κ3) is 5.44. The number of carboxylic acid groups (broad SMARTS) is 1. The average molecular weight is 403 g/mol. The number of aromatic nitrogens is 1. The molecule has 1 aliphatic rings. The summed E-state index contributed by atoms with van der Waals surface area (Å²) in [5.74, 6) is -1.46. The minimum absolute atomic E-state index is 0.207. The number of unbranched alkanes of at least 4 members (excludes halogenated alkanes) is 1. The minimum atomic E-state index is -0.987. The number of H-pyrrole nitrogens is 1. The Hall–Kier alpha value is -2.68. The van der Waals surface area contributed by atoms with Crippen molar-refractivity contribution in [2.75, 3.05) is 6.61 Å². The Bertz CT molecular complexity index is 875. The van der Waals surface area contributed by atoms with Crippen molar-refractivity contribution in [2.24, 2.45) is 0 Å². The Balaban J connectivity index is 1.49. The maximum Gasteiger partial charge on any atom is 0.340 e. The second-order valence-electron chi connectivity index (χ2n) is 6.96. The van der Waals surface area contributed by atoms with E-state index in [-0.39, 0.29) is 6.42 Å². The Labute approximate surface area is 168 Å². The lowest BCUT2D eigenvalue weighted by Gasteiger charge is -2.37. The van der Waals surface area contributed by atoms with Crippen LogP contribution in [-0.2, 0) is 19.0 Å². The van der Waals surface area contributed by atoms with Gasteiger partial charge in [-0.3, -0.25) is 0 Å². The van der Waals surface area contributed by atoms with Gasteiger partial charge in [-0.1, -0.05) is 24.3 Å². The molecule has 8 heteroatoms. The summed E-state index contributed by atoms with van der Waals surface area (Å²) in [5, 5.41) is 19.6. The van der Waals surface area contributed by atoms with Gasteiger partial charge in [-0.2, -0.15) is 0 Å². The van der Waals surface area contributed by atoms with Crippen LogP contribution in [0.1, 0.15) is 36.5 Å². The summed E-state index contributed by atoms with van der Waals surface area (Å²) >= 11 is 0. The minimum Gasteiger partial charge on any atom is -0.478 e. The van der Waals surface area contributed by atoms with Crippen LogP contribution in [-0.4, -0.2) is 58.3 Å². The number of benzene rings is 1. The number of aliphatic hydroxyl groups is 1. The molecule has 3 N–H and O–H groups in total. The number of carbonyl (C=O) groups excluding carboxylic acids is 1. The van der Waals surface area contributed by atoms with E-state index in [1.54, 1.807) is 19.2 Å². The molecule has 1 aliphatic heterocycles. The first-order valence-electron chi connectivity index (χ1n) is 9.57. The molecule has 2 heterocycles. The van der Waals surface area contributed by atoms with E-state index < -0.39 is 36.5 Å². The fraction of sp³-hybridized carbons (Fsp3) is 0.429. The lowest BCUT2D eigenvalue weighted by molar-refractivity contribution is -0.260. The van der Waals surface area contributed by atoms with Crippen molar-refractivity contribution in [3.63, 3.8) is 0 Å². The zero-order chi connectivity index (χ0) is 20.8. The van der Waals surface area contributed by atoms with E-state index in [0.29, 0.717) is 25.0 Å². The zero-order valence-electron chi connectivity index (χ0n) is 16.1. The van der Waals surface area contributed by atoms with Gasteiger partial charge < -0.3 is 29.4 Å². The van der Waals surface area contributed by atoms with Gasteiger partial charge in [-0.05, 0) is 25.8 Å². The summed E-state index contributed by atoms with van der Waals surface area (Å²) in [6, 6.07) is 7.45. The van der Waals surface area contributed by atoms with E-state index in [2.05, 4.69) is 4.98 Å². The number of aliphatic carboxylic acids is 1. The highest BCUT2D eigenvalue weighted by atomic mass is 16.7. The molecule has 3 rings (SSSR count). The number of esters is 1. The molecular formula is C21H25NO7. The van der Waals surface area contributed by atoms with Crippen molar-refractivity contribution < 1.29 is 34.0 Å². The van der Waals surface area contributed by atoms with Gasteiger partial charge in [0, 0.05) is 29.6 Å². The molecule has 1 aromatic carbocycles. The summed E-state index contributed by atoms with van der Waals surface area (Å²) in [5.41, 5.74) is 1.29. The van der Waals surface area contributed by atoms with Gasteiger partial charge in [0.05, 0.1) is 18.3 Å². The fourth-order valence-electron chi connectivity index (χ4n) is 3.25. The average Bonchev–Trinajstić information content (AvgIpc) is 3.12. The van der Waals surface area contributed by atoms with E-state index >= 15 is 0 Å². The van der Waals surface area contributed by atoms with Gasteiger partial charge in [-0.25, -0.2) is 9.59 Å². The Morgan fingerprint density at radius 2 is 2.14 bits per heavy atom. The molecule has 0 spiro atoms. The maximum absolute atomic E-state index is 12.6. The number of aliphatic hydroxyl groups excluding tert-OH is 1. The van der Waals surface area contributed by atoms with Crippen molar-refractivity contribution in [3.05, 3.63) is 48.2 Å². The molecule has 1 fully saturated rings. The van der Waals surface area contributed by atoms with Crippen LogP contribution in [0, 0.1) is 0 Å². The van der Waals surface area contributed by atoms with Crippen LogP contribution in [0.3, 0.4) is 0 Å². The number of fused-ring (bicyclic) bond motifs is 1. The fourth-order valence-corrected chi connectivity index (χ4v) is 3.25. The van der Waals surface area contributed by atoms with Crippen LogP contribution in [0.25, 0.3) is 10.9 Å². The zero-order valence-corrected chi connectivity index (χ0v) is 16.1. The van der Waals surface area contributed by atoms with E-state index in [1.807, 2.05) is 24.3 Å². The van der Waals surface area contributed by atoms with Gasteiger partial charge in [0.25, 0.3) is 0 Å². The molecule has 8 nitrogen and oxygen atoms in total. The van der Waals surface area contributed by atoms with Gasteiger partial charge in [0.2, 0.25) is 0 Å². The van der Waals surface area contributed by atoms with Crippen molar-refractivity contribution in [3.8, 4) is 0 Å². The van der Waals surface area contributed by atoms with Crippen LogP contribution in [0.5, 0.6) is 0 Å². The van der Waals surface area contributed by atoms with E-state index in [1.165, 1.54) is 0 Å². The lowest BCUT2D eigenvalue weighted by Crippen LogP contribution is -2.48. The first kappa shape index (κ1) is 21.0. The number of allylic oxidation sites excluding steroid dienone is 1. The molecule has 29 heavy (non-hydrogen) atoms. The summed E-state index contributed by atoms with van der Waals surface area (Å²) in [4.78, 5) is 26.0. The predicted molar refractivity (Wildman–Crippen MR) is 104 cm³/mol. The quantitative estimate of drug-likeness (QED) is 0.352. The molecule has 4 atom stereocenters. The number of aromatic amines is 1. The lowest BCUT2D eigenvalue weighted by atomic mass is 10.0. The Morgan fingerprint density at radius 1 is 1.34 bits per heavy atom. The number of para-hydroxylation sites is 1. The van der Waals surface area contributed by atoms with E-state index in [9.17, 15) is 14.7 Å². The molecule has 0 amide bonds. The number of rotatable bonds is 8. The maximum atomic E-state index is 12.6. The van der Waals surface area contributed by atoms with Crippen molar-refractivity contribution in [1.29, 1.82) is 0 Å². The van der Waals surface area contributed by atoms with Crippen LogP contribution in [0.2, 0.25) is 0 Å². The monoisotopic (exact) mass is 403 g/mol. The Kier molecular flexibility index (Phi) is 7.03. The van der Waals surface area contributed by atoms with Crippen LogP contribution >= 0.6 is 0 Å². The number of hydrogen-bond donors (Lipinski definition) is 3. The standard InChI is InChI=1S/C21H25NO7/c1-13-18(29-20(26)15-12-22-16-8-5-4-7-14(15)16)11-17(23)21(28-13)27-10-6-2-3-9-19(24)25/h3-5,7-9,12-13,17-18,21-23H,2,6,10-11H2,1H3,(H,24,25). The molecule has 0 aliphatic carbocycles. The molecule has 2 aromatic rings. The van der Waals surface area contributed by atoms with Gasteiger partial charge in [0.15, 0.2) is 6.29 Å². The first-order chi connectivity index (χ1) is 14.0. The first-order valence-corrected chi connectivity index (χ1v) is 9.57. The number of ether oxygens (including phenoxy) is 3. The van der Waals surface area contributed by atoms with Crippen LogP contribution < -0.4 is 0 Å². The van der Waals surface area contributed by atoms with Crippen molar-refractivity contribution in [2.45, 2.75) is 50.8 Å². The number of hydrogen-bond acceptors (Lipinski definition) is 6. The summed E-state index contributed by atoms with van der Waals surface area (Å²) in [6.45, 7) is 2.09. The Morgan fingerprint density at radius 3 is 2.93 bits per heavy atom. The molecule has 0 radical (unpaired) electrons. The highest BCUT2D eigenvalue weighted by Crippen LogP contribution is 2.26. The molecular weight excluding hydrogens is 378 g/mol. The smallest absolute Gasteiger partial charge is 0.340 e. The number of carboxylic acids is 1. The third-order valence-corrected chi connectivity index (χ3v) is 4.79. The molecule has 0 bridgehead atoms. The molecule has 0 saturated carbocycles. The number of nitrogens with one attached hydrogen (secondary N) is 1. The van der Waals surface area contributed by atoms with E-state index in [4.69, 9.17) is 19.3 Å². The van der Waals surface area contributed by atoms with E-state index in [0.717, 1.165) is 17.0 Å². The number of carbonyl (C=O) groups is 2. The molecule has 1 saturated heterocycles. The molecule has 1 aromatic heterocycles. The van der Waals surface area contributed by atoms with Gasteiger partial charge >= 0.3 is 11.9 Å². The van der Waals surface area contributed by atoms with Gasteiger partial charge in [0.1, 0.15) is 12.2 Å². The topological polar surface area (TPSA) is 118 Å². The van der Waals surface area contributed by atoms with Crippen LogP contribution in [0.4, 0.5) is 0 Å². The summed E-state index contributed by atoms with van der Waals surface area (Å²) in [7, 11) is 0. The predicted octanol–water partition coefficient (Wildman–Crippen LogP) is 2.63.